The third kappa shape index (κ3) is 7.57. The fourth-order valence-corrected chi connectivity index (χ4v) is 2.38. The molecule has 0 aliphatic rings. The van der Waals surface area contributed by atoms with Crippen LogP contribution in [0.3, 0.4) is 0 Å². The average Bonchev–Trinajstić information content (AvgIpc) is 2.72. The Morgan fingerprint density at radius 2 is 1.65 bits per heavy atom. The number of hydrogen-bond acceptors (Lipinski definition) is 6. The summed E-state index contributed by atoms with van der Waals surface area (Å²) in [6, 6.07) is 9.57. The van der Waals surface area contributed by atoms with Crippen LogP contribution in [0.2, 0.25) is 0 Å². The maximum absolute atomic E-state index is 12.2. The number of halogens is 3. The zero-order valence-corrected chi connectivity index (χ0v) is 16.9. The van der Waals surface area contributed by atoms with Crippen molar-refractivity contribution in [2.45, 2.75) is 19.4 Å². The van der Waals surface area contributed by atoms with Crippen LogP contribution in [0.4, 0.5) is 18.9 Å². The van der Waals surface area contributed by atoms with Gasteiger partial charge in [0.05, 0.1) is 14.2 Å². The predicted octanol–water partition coefficient (Wildman–Crippen LogP) is 4.19. The summed E-state index contributed by atoms with van der Waals surface area (Å²) in [4.78, 5) is 24.2. The lowest BCUT2D eigenvalue weighted by Gasteiger charge is -2.13. The van der Waals surface area contributed by atoms with E-state index in [1.165, 1.54) is 39.4 Å². The molecule has 2 aromatic carbocycles. The first-order valence-electron chi connectivity index (χ1n) is 8.88. The zero-order chi connectivity index (χ0) is 23.0. The van der Waals surface area contributed by atoms with Crippen LogP contribution < -0.4 is 19.5 Å². The van der Waals surface area contributed by atoms with Gasteiger partial charge in [-0.15, -0.1) is 13.2 Å². The van der Waals surface area contributed by atoms with Gasteiger partial charge >= 0.3 is 12.3 Å². The quantitative estimate of drug-likeness (QED) is 0.491. The Morgan fingerprint density at radius 1 is 1.00 bits per heavy atom. The fourth-order valence-electron chi connectivity index (χ4n) is 2.38. The summed E-state index contributed by atoms with van der Waals surface area (Å²) in [7, 11) is 2.98. The SMILES string of the molecule is COc1ccc(OC)c(/C=C/C(=O)OC(C)C(=O)Nc2ccc(OC(F)(F)F)cc2)c1. The molecule has 0 bridgehead atoms. The van der Waals surface area contributed by atoms with Crippen LogP contribution >= 0.6 is 0 Å². The minimum absolute atomic E-state index is 0.207. The molecule has 1 amide bonds. The smallest absolute Gasteiger partial charge is 0.497 e. The van der Waals surface area contributed by atoms with Gasteiger partial charge in [0.15, 0.2) is 6.10 Å². The van der Waals surface area contributed by atoms with E-state index in [9.17, 15) is 22.8 Å². The van der Waals surface area contributed by atoms with Crippen molar-refractivity contribution in [1.29, 1.82) is 0 Å². The van der Waals surface area contributed by atoms with Crippen molar-refractivity contribution in [3.8, 4) is 17.2 Å². The highest BCUT2D eigenvalue weighted by molar-refractivity contribution is 5.96. The van der Waals surface area contributed by atoms with E-state index in [1.807, 2.05) is 0 Å². The normalized spacial score (nSPS) is 12.2. The van der Waals surface area contributed by atoms with Gasteiger partial charge in [0.2, 0.25) is 0 Å². The number of nitrogens with one attached hydrogen (secondary N) is 1. The Hall–Kier alpha value is -3.69. The average molecular weight is 439 g/mol. The van der Waals surface area contributed by atoms with Crippen LogP contribution in [-0.2, 0) is 14.3 Å². The molecule has 1 N–H and O–H groups in total. The highest BCUT2D eigenvalue weighted by Gasteiger charge is 2.31. The molecular formula is C21H20F3NO6. The van der Waals surface area contributed by atoms with Crippen molar-refractivity contribution in [2.24, 2.45) is 0 Å². The predicted molar refractivity (Wildman–Crippen MR) is 106 cm³/mol. The maximum Gasteiger partial charge on any atom is 0.573 e. The van der Waals surface area contributed by atoms with Gasteiger partial charge in [0.25, 0.3) is 5.91 Å². The Bertz CT molecular complexity index is 941. The van der Waals surface area contributed by atoms with Crippen LogP contribution in [0.25, 0.3) is 6.08 Å². The fraction of sp³-hybridized carbons (Fsp3) is 0.238. The number of anilines is 1. The first kappa shape index (κ1) is 23.6. The molecule has 0 heterocycles. The summed E-state index contributed by atoms with van der Waals surface area (Å²) in [5.41, 5.74) is 0.774. The third-order valence-electron chi connectivity index (χ3n) is 3.85. The van der Waals surface area contributed by atoms with E-state index < -0.39 is 30.1 Å². The number of hydrogen-bond donors (Lipinski definition) is 1. The number of carbonyl (C=O) groups is 2. The number of carbonyl (C=O) groups excluding carboxylic acids is 2. The van der Waals surface area contributed by atoms with Gasteiger partial charge in [-0.05, 0) is 55.5 Å². The summed E-state index contributed by atoms with van der Waals surface area (Å²) >= 11 is 0. The summed E-state index contributed by atoms with van der Waals surface area (Å²) in [6.45, 7) is 1.36. The Kier molecular flexibility index (Phi) is 7.89. The summed E-state index contributed by atoms with van der Waals surface area (Å²) in [6.07, 6.45) is -3.39. The lowest BCUT2D eigenvalue weighted by Crippen LogP contribution is -2.29. The number of ether oxygens (including phenoxy) is 4. The van der Waals surface area contributed by atoms with E-state index in [1.54, 1.807) is 18.2 Å². The molecule has 0 saturated carbocycles. The van der Waals surface area contributed by atoms with Crippen molar-refractivity contribution in [3.63, 3.8) is 0 Å². The van der Waals surface area contributed by atoms with Gasteiger partial charge in [-0.25, -0.2) is 4.79 Å². The molecule has 31 heavy (non-hydrogen) atoms. The van der Waals surface area contributed by atoms with Gasteiger partial charge in [0.1, 0.15) is 17.2 Å². The molecule has 0 fully saturated rings. The molecular weight excluding hydrogens is 419 g/mol. The second-order valence-electron chi connectivity index (χ2n) is 6.08. The monoisotopic (exact) mass is 439 g/mol. The van der Waals surface area contributed by atoms with E-state index in [2.05, 4.69) is 10.1 Å². The van der Waals surface area contributed by atoms with Crippen LogP contribution in [0.5, 0.6) is 17.2 Å². The molecule has 1 unspecified atom stereocenters. The Balaban J connectivity index is 1.94. The molecule has 0 radical (unpaired) electrons. The number of alkyl halides is 3. The molecule has 166 valence electrons. The third-order valence-corrected chi connectivity index (χ3v) is 3.85. The number of benzene rings is 2. The van der Waals surface area contributed by atoms with E-state index in [0.29, 0.717) is 17.1 Å². The molecule has 10 heteroatoms. The van der Waals surface area contributed by atoms with Crippen LogP contribution in [-0.4, -0.2) is 38.6 Å². The minimum atomic E-state index is -4.81. The van der Waals surface area contributed by atoms with Crippen molar-refractivity contribution >= 4 is 23.6 Å². The molecule has 0 spiro atoms. The van der Waals surface area contributed by atoms with Gasteiger partial charge in [-0.2, -0.15) is 0 Å². The molecule has 0 aliphatic heterocycles. The Labute approximate surface area is 176 Å². The summed E-state index contributed by atoms with van der Waals surface area (Å²) in [5.74, 6) is -0.795. The summed E-state index contributed by atoms with van der Waals surface area (Å²) in [5, 5.41) is 2.43. The van der Waals surface area contributed by atoms with Crippen LogP contribution in [0, 0.1) is 0 Å². The highest BCUT2D eigenvalue weighted by Crippen LogP contribution is 2.25. The Morgan fingerprint density at radius 3 is 2.23 bits per heavy atom. The van der Waals surface area contributed by atoms with Crippen molar-refractivity contribution in [3.05, 3.63) is 54.1 Å². The molecule has 2 rings (SSSR count). The molecule has 1 atom stereocenters. The molecule has 0 aliphatic carbocycles. The van der Waals surface area contributed by atoms with E-state index in [4.69, 9.17) is 14.2 Å². The molecule has 0 aromatic heterocycles. The van der Waals surface area contributed by atoms with Crippen LogP contribution in [0.1, 0.15) is 12.5 Å². The minimum Gasteiger partial charge on any atom is -0.497 e. The van der Waals surface area contributed by atoms with E-state index in [-0.39, 0.29) is 5.69 Å². The standard InChI is InChI=1S/C21H20F3NO6/c1-13(20(27)25-15-5-7-16(8-6-15)31-21(22,23)24)30-19(26)11-4-14-12-17(28-2)9-10-18(14)29-3/h4-13H,1-3H3,(H,25,27)/b11-4+. The number of esters is 1. The van der Waals surface area contributed by atoms with Crippen molar-refractivity contribution < 1.29 is 41.7 Å². The van der Waals surface area contributed by atoms with Crippen molar-refractivity contribution in [1.82, 2.24) is 0 Å². The van der Waals surface area contributed by atoms with Crippen LogP contribution in [0.15, 0.2) is 48.5 Å². The highest BCUT2D eigenvalue weighted by atomic mass is 19.4. The van der Waals surface area contributed by atoms with Crippen molar-refractivity contribution in [2.75, 3.05) is 19.5 Å². The maximum atomic E-state index is 12.2. The number of methoxy groups -OCH3 is 2. The lowest BCUT2D eigenvalue weighted by molar-refractivity contribution is -0.274. The second-order valence-corrected chi connectivity index (χ2v) is 6.08. The van der Waals surface area contributed by atoms with Gasteiger partial charge in [0, 0.05) is 17.3 Å². The number of rotatable bonds is 8. The zero-order valence-electron chi connectivity index (χ0n) is 16.9. The largest absolute Gasteiger partial charge is 0.573 e. The topological polar surface area (TPSA) is 83.1 Å². The van der Waals surface area contributed by atoms with E-state index >= 15 is 0 Å². The van der Waals surface area contributed by atoms with E-state index in [0.717, 1.165) is 18.2 Å². The lowest BCUT2D eigenvalue weighted by atomic mass is 10.1. The summed E-state index contributed by atoms with van der Waals surface area (Å²) < 4.78 is 55.6. The van der Waals surface area contributed by atoms with Gasteiger partial charge in [-0.3, -0.25) is 4.79 Å². The molecule has 7 nitrogen and oxygen atoms in total. The molecule has 0 saturated heterocycles. The molecule has 2 aromatic rings. The second kappa shape index (κ2) is 10.4. The first-order valence-corrected chi connectivity index (χ1v) is 8.88. The number of amides is 1. The van der Waals surface area contributed by atoms with Gasteiger partial charge < -0.3 is 24.3 Å². The van der Waals surface area contributed by atoms with Gasteiger partial charge in [-0.1, -0.05) is 0 Å². The first-order chi connectivity index (χ1) is 14.6.